The number of hydrogen-bond acceptors (Lipinski definition) is 3. The summed E-state index contributed by atoms with van der Waals surface area (Å²) in [5, 5.41) is 1.26. The highest BCUT2D eigenvalue weighted by molar-refractivity contribution is 6.30. The molecule has 6 heteroatoms. The highest BCUT2D eigenvalue weighted by Gasteiger charge is 2.20. The van der Waals surface area contributed by atoms with E-state index >= 15 is 0 Å². The van der Waals surface area contributed by atoms with Gasteiger partial charge in [0.2, 0.25) is 5.58 Å². The number of halogens is 1. The normalized spacial score (nSPS) is 11.4. The summed E-state index contributed by atoms with van der Waals surface area (Å²) < 4.78 is 8.64. The zero-order valence-corrected chi connectivity index (χ0v) is 16.9. The number of para-hydroxylation sites is 1. The first-order valence-electron chi connectivity index (χ1n) is 9.51. The zero-order valence-electron chi connectivity index (χ0n) is 16.1. The van der Waals surface area contributed by atoms with Gasteiger partial charge in [-0.3, -0.25) is 9.36 Å². The molecule has 0 saturated heterocycles. The van der Waals surface area contributed by atoms with Gasteiger partial charge in [0.25, 0.3) is 0 Å². The van der Waals surface area contributed by atoms with Crippen LogP contribution in [0, 0.1) is 6.92 Å². The lowest BCUT2D eigenvalue weighted by Crippen LogP contribution is -2.38. The molecule has 5 nitrogen and oxygen atoms in total. The fourth-order valence-corrected chi connectivity index (χ4v) is 3.82. The molecule has 0 bridgehead atoms. The fourth-order valence-electron chi connectivity index (χ4n) is 3.69. The van der Waals surface area contributed by atoms with E-state index in [1.807, 2.05) is 49.4 Å². The van der Waals surface area contributed by atoms with Gasteiger partial charge in [0.05, 0.1) is 12.2 Å². The van der Waals surface area contributed by atoms with Gasteiger partial charge in [-0.1, -0.05) is 53.6 Å². The first-order chi connectivity index (χ1) is 14.5. The van der Waals surface area contributed by atoms with E-state index in [0.717, 1.165) is 21.1 Å². The van der Waals surface area contributed by atoms with Crippen LogP contribution in [0.25, 0.3) is 27.8 Å². The van der Waals surface area contributed by atoms with Crippen molar-refractivity contribution in [1.82, 2.24) is 9.13 Å². The molecule has 0 radical (unpaired) electrons. The molecule has 0 aliphatic rings. The average molecular weight is 417 g/mol. The Morgan fingerprint density at radius 1 is 0.900 bits per heavy atom. The van der Waals surface area contributed by atoms with E-state index in [-0.39, 0.29) is 5.58 Å². The Hall–Kier alpha value is -3.57. The van der Waals surface area contributed by atoms with E-state index in [1.165, 1.54) is 0 Å². The van der Waals surface area contributed by atoms with Crippen LogP contribution >= 0.6 is 11.6 Å². The average Bonchev–Trinajstić information content (AvgIpc) is 3.14. The molecule has 0 unspecified atom stereocenters. The maximum absolute atomic E-state index is 13.6. The van der Waals surface area contributed by atoms with Crippen LogP contribution in [0.5, 0.6) is 0 Å². The van der Waals surface area contributed by atoms with Crippen molar-refractivity contribution < 1.29 is 4.42 Å². The van der Waals surface area contributed by atoms with Crippen LogP contribution in [0.15, 0.2) is 86.8 Å². The summed E-state index contributed by atoms with van der Waals surface area (Å²) in [6, 6.07) is 21.9. The van der Waals surface area contributed by atoms with Gasteiger partial charge in [0.1, 0.15) is 11.1 Å². The summed E-state index contributed by atoms with van der Waals surface area (Å²) >= 11 is 5.99. The van der Waals surface area contributed by atoms with Crippen molar-refractivity contribution >= 4 is 33.7 Å². The van der Waals surface area contributed by atoms with E-state index < -0.39 is 11.2 Å². The van der Waals surface area contributed by atoms with Gasteiger partial charge in [0, 0.05) is 10.4 Å². The Kier molecular flexibility index (Phi) is 4.33. The third-order valence-electron chi connectivity index (χ3n) is 5.20. The van der Waals surface area contributed by atoms with Crippen LogP contribution < -0.4 is 11.2 Å². The van der Waals surface area contributed by atoms with Gasteiger partial charge in [-0.05, 0) is 48.9 Å². The molecule has 0 aliphatic carbocycles. The van der Waals surface area contributed by atoms with Gasteiger partial charge in [-0.15, -0.1) is 0 Å². The van der Waals surface area contributed by atoms with Crippen LogP contribution in [-0.4, -0.2) is 9.13 Å². The largest absolute Gasteiger partial charge is 0.449 e. The molecule has 30 heavy (non-hydrogen) atoms. The lowest BCUT2D eigenvalue weighted by atomic mass is 10.1. The topological polar surface area (TPSA) is 57.1 Å². The number of nitrogens with zero attached hydrogens (tertiary/aromatic N) is 2. The maximum atomic E-state index is 13.6. The van der Waals surface area contributed by atoms with Crippen molar-refractivity contribution in [3.8, 4) is 5.69 Å². The van der Waals surface area contributed by atoms with Gasteiger partial charge >= 0.3 is 11.2 Å². The van der Waals surface area contributed by atoms with Crippen molar-refractivity contribution in [3.05, 3.63) is 110 Å². The number of hydrogen-bond donors (Lipinski definition) is 0. The molecule has 5 aromatic rings. The minimum atomic E-state index is -0.492. The van der Waals surface area contributed by atoms with Crippen molar-refractivity contribution in [2.24, 2.45) is 0 Å². The third kappa shape index (κ3) is 2.95. The molecule has 2 heterocycles. The molecular weight excluding hydrogens is 400 g/mol. The standard InChI is InChI=1S/C24H17ClN2O3/c1-15-6-8-16(9-7-15)14-26-21-19-4-2-3-5-20(19)30-22(21)23(28)27(24(26)29)18-12-10-17(25)11-13-18/h2-13H,14H2,1H3. The number of benzene rings is 3. The summed E-state index contributed by atoms with van der Waals surface area (Å²) in [5.74, 6) is 0. The number of aryl methyl sites for hydroxylation is 1. The summed E-state index contributed by atoms with van der Waals surface area (Å²) in [6.07, 6.45) is 0. The number of furan rings is 1. The Bertz CT molecular complexity index is 1510. The van der Waals surface area contributed by atoms with Gasteiger partial charge in [-0.25, -0.2) is 9.36 Å². The van der Waals surface area contributed by atoms with E-state index in [0.29, 0.717) is 28.4 Å². The second kappa shape index (κ2) is 7.04. The van der Waals surface area contributed by atoms with E-state index in [1.54, 1.807) is 34.9 Å². The second-order valence-electron chi connectivity index (χ2n) is 7.25. The quantitative estimate of drug-likeness (QED) is 0.420. The minimum Gasteiger partial charge on any atom is -0.449 e. The molecule has 0 spiro atoms. The Labute approximate surface area is 176 Å². The molecule has 148 valence electrons. The molecular formula is C24H17ClN2O3. The monoisotopic (exact) mass is 416 g/mol. The number of rotatable bonds is 3. The molecule has 3 aromatic carbocycles. The molecule has 5 rings (SSSR count). The molecule has 0 fully saturated rings. The smallest absolute Gasteiger partial charge is 0.336 e. The summed E-state index contributed by atoms with van der Waals surface area (Å²) in [4.78, 5) is 26.8. The van der Waals surface area contributed by atoms with Crippen LogP contribution in [-0.2, 0) is 6.54 Å². The lowest BCUT2D eigenvalue weighted by Gasteiger charge is -2.12. The molecule has 0 saturated carbocycles. The Morgan fingerprint density at radius 3 is 2.33 bits per heavy atom. The Balaban J connectivity index is 1.87. The molecule has 0 amide bonds. The minimum absolute atomic E-state index is 0.151. The molecule has 2 aromatic heterocycles. The molecule has 0 aliphatic heterocycles. The van der Waals surface area contributed by atoms with E-state index in [9.17, 15) is 9.59 Å². The Morgan fingerprint density at radius 2 is 1.60 bits per heavy atom. The van der Waals surface area contributed by atoms with Crippen molar-refractivity contribution in [2.75, 3.05) is 0 Å². The maximum Gasteiger partial charge on any atom is 0.336 e. The van der Waals surface area contributed by atoms with Crippen LogP contribution in [0.4, 0.5) is 0 Å². The van der Waals surface area contributed by atoms with Gasteiger partial charge in [-0.2, -0.15) is 0 Å². The highest BCUT2D eigenvalue weighted by atomic mass is 35.5. The molecule has 0 atom stereocenters. The van der Waals surface area contributed by atoms with E-state index in [4.69, 9.17) is 16.0 Å². The summed E-state index contributed by atoms with van der Waals surface area (Å²) in [6.45, 7) is 2.32. The first kappa shape index (κ1) is 18.5. The van der Waals surface area contributed by atoms with Gasteiger partial charge in [0.15, 0.2) is 0 Å². The van der Waals surface area contributed by atoms with Crippen LogP contribution in [0.2, 0.25) is 5.02 Å². The highest BCUT2D eigenvalue weighted by Crippen LogP contribution is 2.26. The van der Waals surface area contributed by atoms with Gasteiger partial charge < -0.3 is 4.42 Å². The first-order valence-corrected chi connectivity index (χ1v) is 9.89. The lowest BCUT2D eigenvalue weighted by molar-refractivity contribution is 0.638. The SMILES string of the molecule is Cc1ccc(Cn2c(=O)n(-c3ccc(Cl)cc3)c(=O)c3oc4ccccc4c32)cc1. The van der Waals surface area contributed by atoms with E-state index in [2.05, 4.69) is 0 Å². The second-order valence-corrected chi connectivity index (χ2v) is 7.68. The van der Waals surface area contributed by atoms with Crippen molar-refractivity contribution in [3.63, 3.8) is 0 Å². The van der Waals surface area contributed by atoms with Crippen LogP contribution in [0.3, 0.4) is 0 Å². The zero-order chi connectivity index (χ0) is 20.8. The number of aromatic nitrogens is 2. The predicted octanol–water partition coefficient (Wildman–Crippen LogP) is 4.91. The predicted molar refractivity (Wildman–Crippen MR) is 119 cm³/mol. The van der Waals surface area contributed by atoms with Crippen LogP contribution in [0.1, 0.15) is 11.1 Å². The number of fused-ring (bicyclic) bond motifs is 3. The summed E-state index contributed by atoms with van der Waals surface area (Å²) in [7, 11) is 0. The summed E-state index contributed by atoms with van der Waals surface area (Å²) in [5.41, 5.74) is 2.83. The third-order valence-corrected chi connectivity index (χ3v) is 5.46. The molecule has 0 N–H and O–H groups in total. The van der Waals surface area contributed by atoms with Crippen molar-refractivity contribution in [1.29, 1.82) is 0 Å². The fraction of sp³-hybridized carbons (Fsp3) is 0.0833. The van der Waals surface area contributed by atoms with Crippen molar-refractivity contribution in [2.45, 2.75) is 13.5 Å².